The Labute approximate surface area is 104 Å². The molecule has 84 valence electrons. The molecule has 16 heavy (non-hydrogen) atoms. The maximum atomic E-state index is 6.14. The van der Waals surface area contributed by atoms with Crippen LogP contribution in [0.15, 0.2) is 30.0 Å². The molecule has 2 aliphatic rings. The van der Waals surface area contributed by atoms with Gasteiger partial charge in [0.15, 0.2) is 0 Å². The van der Waals surface area contributed by atoms with Gasteiger partial charge in [-0.05, 0) is 31.1 Å². The standard InChI is InChI=1S/C12H11Cl2NO/c13-8-2-1-3-9(14)12(8)10-6-11(16-15-10)7-4-5-7/h1-3,6-7,10,15H,4-5H2. The fraction of sp³-hybridized carbons (Fsp3) is 0.333. The predicted octanol–water partition coefficient (Wildman–Crippen LogP) is 3.86. The molecular weight excluding hydrogens is 245 g/mol. The van der Waals surface area contributed by atoms with E-state index in [1.54, 1.807) is 0 Å². The van der Waals surface area contributed by atoms with E-state index in [2.05, 4.69) is 11.6 Å². The quantitative estimate of drug-likeness (QED) is 0.867. The molecule has 0 radical (unpaired) electrons. The summed E-state index contributed by atoms with van der Waals surface area (Å²) in [6.45, 7) is 0. The summed E-state index contributed by atoms with van der Waals surface area (Å²) in [4.78, 5) is 5.45. The Bertz CT molecular complexity index is 434. The highest BCUT2D eigenvalue weighted by Gasteiger charge is 2.33. The van der Waals surface area contributed by atoms with E-state index in [4.69, 9.17) is 28.0 Å². The van der Waals surface area contributed by atoms with Crippen LogP contribution in [0.2, 0.25) is 10.0 Å². The third-order valence-corrected chi connectivity index (χ3v) is 3.58. The van der Waals surface area contributed by atoms with Gasteiger partial charge in [0.2, 0.25) is 0 Å². The van der Waals surface area contributed by atoms with Gasteiger partial charge in [-0.25, -0.2) is 0 Å². The molecular formula is C12H11Cl2NO. The molecule has 0 amide bonds. The normalized spacial score (nSPS) is 24.1. The lowest BCUT2D eigenvalue weighted by molar-refractivity contribution is 0.107. The van der Waals surface area contributed by atoms with Gasteiger partial charge in [0.05, 0.1) is 6.04 Å². The summed E-state index contributed by atoms with van der Waals surface area (Å²) >= 11 is 12.3. The van der Waals surface area contributed by atoms with Crippen molar-refractivity contribution in [2.24, 2.45) is 5.92 Å². The van der Waals surface area contributed by atoms with E-state index >= 15 is 0 Å². The van der Waals surface area contributed by atoms with Gasteiger partial charge in [0.1, 0.15) is 5.76 Å². The Morgan fingerprint density at radius 3 is 2.50 bits per heavy atom. The zero-order valence-electron chi connectivity index (χ0n) is 8.54. The number of hydroxylamine groups is 1. The molecule has 0 bridgehead atoms. The van der Waals surface area contributed by atoms with Gasteiger partial charge in [-0.15, -0.1) is 5.48 Å². The molecule has 1 aliphatic carbocycles. The smallest absolute Gasteiger partial charge is 0.125 e. The summed E-state index contributed by atoms with van der Waals surface area (Å²) in [5, 5.41) is 1.34. The topological polar surface area (TPSA) is 21.3 Å². The van der Waals surface area contributed by atoms with E-state index in [0.717, 1.165) is 11.3 Å². The molecule has 0 saturated heterocycles. The van der Waals surface area contributed by atoms with E-state index in [1.165, 1.54) is 12.8 Å². The molecule has 4 heteroatoms. The van der Waals surface area contributed by atoms with Gasteiger partial charge < -0.3 is 4.84 Å². The highest BCUT2D eigenvalue weighted by atomic mass is 35.5. The summed E-state index contributed by atoms with van der Waals surface area (Å²) in [6, 6.07) is 5.49. The van der Waals surface area contributed by atoms with E-state index in [1.807, 2.05) is 18.2 Å². The SMILES string of the molecule is Clc1cccc(Cl)c1C1C=C(C2CC2)ON1. The molecule has 1 fully saturated rings. The highest BCUT2D eigenvalue weighted by molar-refractivity contribution is 6.36. The van der Waals surface area contributed by atoms with Crippen molar-refractivity contribution >= 4 is 23.2 Å². The van der Waals surface area contributed by atoms with E-state index < -0.39 is 0 Å². The largest absolute Gasteiger partial charge is 0.412 e. The minimum Gasteiger partial charge on any atom is -0.412 e. The maximum Gasteiger partial charge on any atom is 0.125 e. The number of hydrogen-bond donors (Lipinski definition) is 1. The van der Waals surface area contributed by atoms with Crippen molar-refractivity contribution in [1.82, 2.24) is 5.48 Å². The van der Waals surface area contributed by atoms with Gasteiger partial charge in [0, 0.05) is 21.5 Å². The van der Waals surface area contributed by atoms with Crippen molar-refractivity contribution < 1.29 is 4.84 Å². The van der Waals surface area contributed by atoms with Crippen LogP contribution in [-0.2, 0) is 4.84 Å². The molecule has 1 unspecified atom stereocenters. The minimum atomic E-state index is -0.0307. The van der Waals surface area contributed by atoms with Crippen molar-refractivity contribution in [3.05, 3.63) is 45.6 Å². The predicted molar refractivity (Wildman–Crippen MR) is 64.2 cm³/mol. The Morgan fingerprint density at radius 2 is 1.88 bits per heavy atom. The van der Waals surface area contributed by atoms with Crippen LogP contribution >= 0.6 is 23.2 Å². The molecule has 1 heterocycles. The Hall–Kier alpha value is -0.700. The van der Waals surface area contributed by atoms with Crippen LogP contribution in [0.4, 0.5) is 0 Å². The fourth-order valence-electron chi connectivity index (χ4n) is 1.90. The van der Waals surface area contributed by atoms with Crippen LogP contribution in [0.3, 0.4) is 0 Å². The average Bonchev–Trinajstić information content (AvgIpc) is 2.99. The number of benzene rings is 1. The molecule has 1 aliphatic heterocycles. The van der Waals surface area contributed by atoms with E-state index in [-0.39, 0.29) is 6.04 Å². The van der Waals surface area contributed by atoms with Crippen LogP contribution in [0.25, 0.3) is 0 Å². The van der Waals surface area contributed by atoms with Gasteiger partial charge in [-0.2, -0.15) is 0 Å². The Kier molecular flexibility index (Phi) is 2.58. The number of nitrogens with one attached hydrogen (secondary N) is 1. The average molecular weight is 256 g/mol. The molecule has 3 rings (SSSR count). The summed E-state index contributed by atoms with van der Waals surface area (Å²) in [6.07, 6.45) is 4.51. The second-order valence-electron chi connectivity index (χ2n) is 4.18. The molecule has 1 aromatic carbocycles. The lowest BCUT2D eigenvalue weighted by Crippen LogP contribution is -2.13. The molecule has 0 aromatic heterocycles. The lowest BCUT2D eigenvalue weighted by atomic mass is 10.1. The van der Waals surface area contributed by atoms with Crippen LogP contribution in [0.1, 0.15) is 24.4 Å². The first kappa shape index (κ1) is 10.5. The summed E-state index contributed by atoms with van der Waals surface area (Å²) in [5.74, 6) is 1.62. The Morgan fingerprint density at radius 1 is 1.19 bits per heavy atom. The monoisotopic (exact) mass is 255 g/mol. The van der Waals surface area contributed by atoms with Crippen molar-refractivity contribution in [2.45, 2.75) is 18.9 Å². The third kappa shape index (κ3) is 1.81. The van der Waals surface area contributed by atoms with Crippen molar-refractivity contribution in [1.29, 1.82) is 0 Å². The zero-order valence-corrected chi connectivity index (χ0v) is 10.1. The van der Waals surface area contributed by atoms with Gasteiger partial charge in [-0.1, -0.05) is 29.3 Å². The molecule has 0 spiro atoms. The summed E-state index contributed by atoms with van der Waals surface area (Å²) in [5.41, 5.74) is 3.85. The molecule has 1 saturated carbocycles. The molecule has 1 aromatic rings. The van der Waals surface area contributed by atoms with E-state index in [0.29, 0.717) is 16.0 Å². The minimum absolute atomic E-state index is 0.0307. The second kappa shape index (κ2) is 3.95. The second-order valence-corrected chi connectivity index (χ2v) is 4.99. The molecule has 2 nitrogen and oxygen atoms in total. The first-order valence-corrected chi connectivity index (χ1v) is 6.09. The van der Waals surface area contributed by atoms with Crippen molar-refractivity contribution in [2.75, 3.05) is 0 Å². The number of halogens is 2. The number of rotatable bonds is 2. The Balaban J connectivity index is 1.93. The molecule has 1 atom stereocenters. The lowest BCUT2D eigenvalue weighted by Gasteiger charge is -2.11. The van der Waals surface area contributed by atoms with Crippen LogP contribution in [-0.4, -0.2) is 0 Å². The van der Waals surface area contributed by atoms with Crippen molar-refractivity contribution in [3.63, 3.8) is 0 Å². The van der Waals surface area contributed by atoms with Gasteiger partial charge >= 0.3 is 0 Å². The van der Waals surface area contributed by atoms with Crippen LogP contribution in [0, 0.1) is 5.92 Å². The molecule has 1 N–H and O–H groups in total. The first-order chi connectivity index (χ1) is 7.75. The maximum absolute atomic E-state index is 6.14. The van der Waals surface area contributed by atoms with Crippen molar-refractivity contribution in [3.8, 4) is 0 Å². The zero-order chi connectivity index (χ0) is 11.1. The number of hydrogen-bond acceptors (Lipinski definition) is 2. The highest BCUT2D eigenvalue weighted by Crippen LogP contribution is 2.42. The van der Waals surface area contributed by atoms with Crippen LogP contribution < -0.4 is 5.48 Å². The summed E-state index contributed by atoms with van der Waals surface area (Å²) in [7, 11) is 0. The fourth-order valence-corrected chi connectivity index (χ4v) is 2.53. The number of allylic oxidation sites excluding steroid dienone is 1. The summed E-state index contributed by atoms with van der Waals surface area (Å²) < 4.78 is 0. The van der Waals surface area contributed by atoms with Crippen LogP contribution in [0.5, 0.6) is 0 Å². The first-order valence-electron chi connectivity index (χ1n) is 5.33. The third-order valence-electron chi connectivity index (χ3n) is 2.93. The van der Waals surface area contributed by atoms with E-state index in [9.17, 15) is 0 Å². The van der Waals surface area contributed by atoms with Gasteiger partial charge in [-0.3, -0.25) is 0 Å². The van der Waals surface area contributed by atoms with Gasteiger partial charge in [0.25, 0.3) is 0 Å².